The molecule has 0 fully saturated rings. The van der Waals surface area contributed by atoms with Crippen molar-refractivity contribution in [1.82, 2.24) is 0 Å². The van der Waals surface area contributed by atoms with Gasteiger partial charge in [-0.1, -0.05) is 12.1 Å². The molecule has 0 atom stereocenters. The van der Waals surface area contributed by atoms with Crippen LogP contribution in [0.15, 0.2) is 42.5 Å². The number of benzene rings is 2. The van der Waals surface area contributed by atoms with Gasteiger partial charge < -0.3 is 9.47 Å². The number of rotatable bonds is 3. The molecule has 0 aromatic heterocycles. The van der Waals surface area contributed by atoms with E-state index in [1.807, 2.05) is 6.92 Å². The molecule has 0 spiro atoms. The Kier molecular flexibility index (Phi) is 3.28. The maximum Gasteiger partial charge on any atom is 0.165 e. The lowest BCUT2D eigenvalue weighted by molar-refractivity contribution is 0.405. The SMILES string of the molecule is COc1cccc(Oc2cc(C)ccc2F)c1. The fourth-order valence-corrected chi connectivity index (χ4v) is 1.48. The van der Waals surface area contributed by atoms with E-state index in [4.69, 9.17) is 9.47 Å². The Bertz CT molecular complexity index is 523. The van der Waals surface area contributed by atoms with Crippen molar-refractivity contribution in [3.8, 4) is 17.2 Å². The highest BCUT2D eigenvalue weighted by molar-refractivity contribution is 5.38. The van der Waals surface area contributed by atoms with E-state index in [2.05, 4.69) is 0 Å². The molecule has 88 valence electrons. The lowest BCUT2D eigenvalue weighted by atomic mass is 10.2. The molecule has 0 aliphatic carbocycles. The molecule has 0 radical (unpaired) electrons. The van der Waals surface area contributed by atoms with E-state index in [1.165, 1.54) is 6.07 Å². The molecule has 0 amide bonds. The molecule has 3 heteroatoms. The molecule has 0 saturated heterocycles. The highest BCUT2D eigenvalue weighted by Crippen LogP contribution is 2.27. The van der Waals surface area contributed by atoms with Gasteiger partial charge >= 0.3 is 0 Å². The van der Waals surface area contributed by atoms with Crippen LogP contribution < -0.4 is 9.47 Å². The molecule has 0 bridgehead atoms. The number of ether oxygens (including phenoxy) is 2. The Labute approximate surface area is 99.6 Å². The van der Waals surface area contributed by atoms with Crippen molar-refractivity contribution < 1.29 is 13.9 Å². The maximum absolute atomic E-state index is 13.5. The van der Waals surface area contributed by atoms with Gasteiger partial charge in [-0.25, -0.2) is 4.39 Å². The van der Waals surface area contributed by atoms with Crippen molar-refractivity contribution >= 4 is 0 Å². The number of aryl methyl sites for hydroxylation is 1. The summed E-state index contributed by atoms with van der Waals surface area (Å²) in [4.78, 5) is 0. The van der Waals surface area contributed by atoms with Crippen LogP contribution in [-0.2, 0) is 0 Å². The first-order chi connectivity index (χ1) is 8.19. The summed E-state index contributed by atoms with van der Waals surface area (Å²) in [6.07, 6.45) is 0. The Morgan fingerprint density at radius 2 is 1.76 bits per heavy atom. The van der Waals surface area contributed by atoms with E-state index in [1.54, 1.807) is 43.5 Å². The van der Waals surface area contributed by atoms with E-state index < -0.39 is 0 Å². The van der Waals surface area contributed by atoms with Crippen molar-refractivity contribution in [2.24, 2.45) is 0 Å². The Balaban J connectivity index is 2.27. The van der Waals surface area contributed by atoms with E-state index in [0.29, 0.717) is 11.5 Å². The quantitative estimate of drug-likeness (QED) is 0.798. The standard InChI is InChI=1S/C14H13FO2/c1-10-6-7-13(15)14(8-10)17-12-5-3-4-11(9-12)16-2/h3-9H,1-2H3. The van der Waals surface area contributed by atoms with Gasteiger partial charge in [0.1, 0.15) is 11.5 Å². The highest BCUT2D eigenvalue weighted by atomic mass is 19.1. The zero-order valence-corrected chi connectivity index (χ0v) is 9.74. The normalized spacial score (nSPS) is 10.1. The predicted molar refractivity (Wildman–Crippen MR) is 64.2 cm³/mol. The fraction of sp³-hybridized carbons (Fsp3) is 0.143. The minimum Gasteiger partial charge on any atom is -0.497 e. The topological polar surface area (TPSA) is 18.5 Å². The summed E-state index contributed by atoms with van der Waals surface area (Å²) in [5, 5.41) is 0. The average molecular weight is 232 g/mol. The fourth-order valence-electron chi connectivity index (χ4n) is 1.48. The van der Waals surface area contributed by atoms with Crippen LogP contribution in [0, 0.1) is 12.7 Å². The summed E-state index contributed by atoms with van der Waals surface area (Å²) in [5.41, 5.74) is 0.948. The number of hydrogen-bond donors (Lipinski definition) is 0. The second-order valence-corrected chi connectivity index (χ2v) is 3.71. The average Bonchev–Trinajstić information content (AvgIpc) is 2.34. The molecule has 2 aromatic rings. The van der Waals surface area contributed by atoms with Crippen LogP contribution in [-0.4, -0.2) is 7.11 Å². The van der Waals surface area contributed by atoms with Gasteiger partial charge in [0.15, 0.2) is 11.6 Å². The van der Waals surface area contributed by atoms with Crippen LogP contribution >= 0.6 is 0 Å². The second kappa shape index (κ2) is 4.87. The Hall–Kier alpha value is -2.03. The van der Waals surface area contributed by atoms with Gasteiger partial charge in [0.05, 0.1) is 7.11 Å². The van der Waals surface area contributed by atoms with Crippen LogP contribution in [0.25, 0.3) is 0 Å². The number of hydrogen-bond acceptors (Lipinski definition) is 2. The molecule has 2 aromatic carbocycles. The molecule has 0 heterocycles. The largest absolute Gasteiger partial charge is 0.497 e. The first-order valence-electron chi connectivity index (χ1n) is 5.27. The summed E-state index contributed by atoms with van der Waals surface area (Å²) in [6.45, 7) is 1.89. The third kappa shape index (κ3) is 2.75. The molecular weight excluding hydrogens is 219 g/mol. The van der Waals surface area contributed by atoms with Gasteiger partial charge in [0.2, 0.25) is 0 Å². The van der Waals surface area contributed by atoms with Gasteiger partial charge in [-0.3, -0.25) is 0 Å². The van der Waals surface area contributed by atoms with Crippen LogP contribution in [0.4, 0.5) is 4.39 Å². The first kappa shape index (κ1) is 11.5. The number of halogens is 1. The second-order valence-electron chi connectivity index (χ2n) is 3.71. The molecule has 17 heavy (non-hydrogen) atoms. The van der Waals surface area contributed by atoms with Crippen molar-refractivity contribution in [2.45, 2.75) is 6.92 Å². The third-order valence-electron chi connectivity index (χ3n) is 2.36. The number of methoxy groups -OCH3 is 1. The smallest absolute Gasteiger partial charge is 0.165 e. The Morgan fingerprint density at radius 3 is 2.53 bits per heavy atom. The summed E-state index contributed by atoms with van der Waals surface area (Å²) >= 11 is 0. The summed E-state index contributed by atoms with van der Waals surface area (Å²) in [6, 6.07) is 11.8. The van der Waals surface area contributed by atoms with Gasteiger partial charge in [-0.15, -0.1) is 0 Å². The third-order valence-corrected chi connectivity index (χ3v) is 2.36. The molecule has 0 saturated carbocycles. The molecular formula is C14H13FO2. The Morgan fingerprint density at radius 1 is 1.00 bits per heavy atom. The van der Waals surface area contributed by atoms with Crippen molar-refractivity contribution in [3.63, 3.8) is 0 Å². The van der Waals surface area contributed by atoms with Crippen molar-refractivity contribution in [1.29, 1.82) is 0 Å². The van der Waals surface area contributed by atoms with Crippen LogP contribution in [0.5, 0.6) is 17.2 Å². The van der Waals surface area contributed by atoms with Gasteiger partial charge in [0, 0.05) is 6.07 Å². The lowest BCUT2D eigenvalue weighted by Gasteiger charge is -2.08. The molecule has 0 N–H and O–H groups in total. The zero-order chi connectivity index (χ0) is 12.3. The lowest BCUT2D eigenvalue weighted by Crippen LogP contribution is -1.90. The molecule has 2 nitrogen and oxygen atoms in total. The molecule has 0 aliphatic heterocycles. The van der Waals surface area contributed by atoms with E-state index in [9.17, 15) is 4.39 Å². The van der Waals surface area contributed by atoms with Crippen LogP contribution in [0.3, 0.4) is 0 Å². The summed E-state index contributed by atoms with van der Waals surface area (Å²) in [7, 11) is 1.58. The van der Waals surface area contributed by atoms with E-state index >= 15 is 0 Å². The highest BCUT2D eigenvalue weighted by Gasteiger charge is 2.05. The van der Waals surface area contributed by atoms with Crippen molar-refractivity contribution in [2.75, 3.05) is 7.11 Å². The van der Waals surface area contributed by atoms with Crippen LogP contribution in [0.1, 0.15) is 5.56 Å². The predicted octanol–water partition coefficient (Wildman–Crippen LogP) is 3.94. The zero-order valence-electron chi connectivity index (χ0n) is 9.74. The molecule has 2 rings (SSSR count). The summed E-state index contributed by atoms with van der Waals surface area (Å²) < 4.78 is 24.0. The molecule has 0 unspecified atom stereocenters. The van der Waals surface area contributed by atoms with E-state index in [-0.39, 0.29) is 11.6 Å². The van der Waals surface area contributed by atoms with Gasteiger partial charge in [0.25, 0.3) is 0 Å². The summed E-state index contributed by atoms with van der Waals surface area (Å²) in [5.74, 6) is 1.07. The first-order valence-corrected chi connectivity index (χ1v) is 5.27. The minimum absolute atomic E-state index is 0.221. The van der Waals surface area contributed by atoms with Gasteiger partial charge in [-0.05, 0) is 36.8 Å². The van der Waals surface area contributed by atoms with Crippen LogP contribution in [0.2, 0.25) is 0 Å². The monoisotopic (exact) mass is 232 g/mol. The van der Waals surface area contributed by atoms with Crippen molar-refractivity contribution in [3.05, 3.63) is 53.8 Å². The molecule has 0 aliphatic rings. The maximum atomic E-state index is 13.5. The van der Waals surface area contributed by atoms with Gasteiger partial charge in [-0.2, -0.15) is 0 Å². The van der Waals surface area contributed by atoms with E-state index in [0.717, 1.165) is 5.56 Å². The minimum atomic E-state index is -0.376.